The highest BCUT2D eigenvalue weighted by molar-refractivity contribution is 8.00. The summed E-state index contributed by atoms with van der Waals surface area (Å²) in [5.41, 5.74) is 2.71. The van der Waals surface area contributed by atoms with Crippen LogP contribution in [0.1, 0.15) is 31.9 Å². The Morgan fingerprint density at radius 3 is 2.62 bits per heavy atom. The molecule has 1 aromatic carbocycles. The molecule has 0 aliphatic heterocycles. The van der Waals surface area contributed by atoms with Crippen LogP contribution in [0.25, 0.3) is 0 Å². The second kappa shape index (κ2) is 6.31. The quantitative estimate of drug-likeness (QED) is 0.785. The summed E-state index contributed by atoms with van der Waals surface area (Å²) in [5, 5.41) is 3.48. The molecule has 0 unspecified atom stereocenters. The Hall–Kier alpha value is -0.470. The maximum absolute atomic E-state index is 3.48. The summed E-state index contributed by atoms with van der Waals surface area (Å²) in [7, 11) is 0. The summed E-state index contributed by atoms with van der Waals surface area (Å²) in [6.45, 7) is 11.0. The van der Waals surface area contributed by atoms with Crippen molar-refractivity contribution in [3.05, 3.63) is 35.4 Å². The summed E-state index contributed by atoms with van der Waals surface area (Å²) in [5.74, 6) is 1.18. The van der Waals surface area contributed by atoms with Crippen molar-refractivity contribution in [1.29, 1.82) is 0 Å². The molecule has 0 aromatic heterocycles. The molecule has 0 saturated carbocycles. The van der Waals surface area contributed by atoms with E-state index in [1.165, 1.54) is 16.9 Å². The van der Waals surface area contributed by atoms with Crippen molar-refractivity contribution in [2.45, 2.75) is 39.0 Å². The molecule has 1 N–H and O–H groups in total. The molecule has 0 atom stereocenters. The average Bonchev–Trinajstić information content (AvgIpc) is 2.15. The molecule has 0 heterocycles. The third-order valence-corrected chi connectivity index (χ3v) is 3.50. The van der Waals surface area contributed by atoms with E-state index in [0.717, 1.165) is 13.1 Å². The van der Waals surface area contributed by atoms with Gasteiger partial charge in [0.2, 0.25) is 0 Å². The predicted molar refractivity (Wildman–Crippen MR) is 75.1 cm³/mol. The fourth-order valence-electron chi connectivity index (χ4n) is 1.48. The van der Waals surface area contributed by atoms with Gasteiger partial charge in [-0.2, -0.15) is 11.8 Å². The van der Waals surface area contributed by atoms with Gasteiger partial charge in [0.25, 0.3) is 0 Å². The van der Waals surface area contributed by atoms with E-state index in [-0.39, 0.29) is 0 Å². The van der Waals surface area contributed by atoms with Gasteiger partial charge in [0, 0.05) is 23.6 Å². The molecule has 0 fully saturated rings. The highest BCUT2D eigenvalue weighted by Gasteiger charge is 2.08. The van der Waals surface area contributed by atoms with Crippen molar-refractivity contribution in [2.75, 3.05) is 12.3 Å². The van der Waals surface area contributed by atoms with E-state index < -0.39 is 0 Å². The van der Waals surface area contributed by atoms with Gasteiger partial charge < -0.3 is 5.32 Å². The summed E-state index contributed by atoms with van der Waals surface area (Å²) < 4.78 is 0.380. The SMILES string of the molecule is Cc1cccc(CNCCSC(C)(C)C)c1. The Balaban J connectivity index is 2.17. The van der Waals surface area contributed by atoms with Crippen molar-refractivity contribution in [1.82, 2.24) is 5.32 Å². The molecular formula is C14H23NS. The molecule has 0 aliphatic rings. The largest absolute Gasteiger partial charge is 0.312 e. The molecular weight excluding hydrogens is 214 g/mol. The van der Waals surface area contributed by atoms with Crippen molar-refractivity contribution in [2.24, 2.45) is 0 Å². The number of thioether (sulfide) groups is 1. The zero-order chi connectivity index (χ0) is 12.0. The smallest absolute Gasteiger partial charge is 0.0205 e. The minimum Gasteiger partial charge on any atom is -0.312 e. The van der Waals surface area contributed by atoms with Crippen molar-refractivity contribution < 1.29 is 0 Å². The van der Waals surface area contributed by atoms with E-state index in [1.807, 2.05) is 11.8 Å². The molecule has 0 spiro atoms. The van der Waals surface area contributed by atoms with Crippen LogP contribution in [0.15, 0.2) is 24.3 Å². The van der Waals surface area contributed by atoms with Gasteiger partial charge >= 0.3 is 0 Å². The van der Waals surface area contributed by atoms with Crippen LogP contribution < -0.4 is 5.32 Å². The highest BCUT2D eigenvalue weighted by atomic mass is 32.2. The molecule has 16 heavy (non-hydrogen) atoms. The van der Waals surface area contributed by atoms with Crippen LogP contribution in [0.2, 0.25) is 0 Å². The third kappa shape index (κ3) is 6.19. The Labute approximate surface area is 104 Å². The number of nitrogens with one attached hydrogen (secondary N) is 1. The second-order valence-corrected chi connectivity index (χ2v) is 7.05. The maximum atomic E-state index is 3.48. The molecule has 2 heteroatoms. The molecule has 0 bridgehead atoms. The standard InChI is InChI=1S/C14H23NS/c1-12-6-5-7-13(10-12)11-15-8-9-16-14(2,3)4/h5-7,10,15H,8-9,11H2,1-4H3. The van der Waals surface area contributed by atoms with Crippen LogP contribution in [0.5, 0.6) is 0 Å². The Bertz CT molecular complexity index is 315. The van der Waals surface area contributed by atoms with Gasteiger partial charge in [-0.15, -0.1) is 0 Å². The molecule has 0 radical (unpaired) electrons. The van der Waals surface area contributed by atoms with Gasteiger partial charge in [-0.3, -0.25) is 0 Å². The number of rotatable bonds is 5. The normalized spacial score (nSPS) is 11.8. The topological polar surface area (TPSA) is 12.0 Å². The maximum Gasteiger partial charge on any atom is 0.0205 e. The zero-order valence-electron chi connectivity index (χ0n) is 10.8. The van der Waals surface area contributed by atoms with Gasteiger partial charge in [-0.1, -0.05) is 50.6 Å². The van der Waals surface area contributed by atoms with Crippen molar-refractivity contribution >= 4 is 11.8 Å². The first-order valence-electron chi connectivity index (χ1n) is 5.87. The van der Waals surface area contributed by atoms with Crippen LogP contribution in [0.3, 0.4) is 0 Å². The third-order valence-electron chi connectivity index (χ3n) is 2.23. The van der Waals surface area contributed by atoms with E-state index in [1.54, 1.807) is 0 Å². The first-order chi connectivity index (χ1) is 7.47. The Morgan fingerprint density at radius 1 is 1.25 bits per heavy atom. The zero-order valence-corrected chi connectivity index (χ0v) is 11.7. The van der Waals surface area contributed by atoms with Crippen LogP contribution in [0, 0.1) is 6.92 Å². The molecule has 0 aliphatic carbocycles. The molecule has 0 amide bonds. The van der Waals surface area contributed by atoms with E-state index in [4.69, 9.17) is 0 Å². The van der Waals surface area contributed by atoms with Gasteiger partial charge in [0.15, 0.2) is 0 Å². The van der Waals surface area contributed by atoms with E-state index in [9.17, 15) is 0 Å². The Kier molecular flexibility index (Phi) is 5.36. The lowest BCUT2D eigenvalue weighted by atomic mass is 10.1. The van der Waals surface area contributed by atoms with E-state index in [2.05, 4.69) is 57.3 Å². The minimum absolute atomic E-state index is 0.380. The molecule has 90 valence electrons. The fourth-order valence-corrected chi connectivity index (χ4v) is 2.34. The summed E-state index contributed by atoms with van der Waals surface area (Å²) >= 11 is 2.01. The fraction of sp³-hybridized carbons (Fsp3) is 0.571. The van der Waals surface area contributed by atoms with Gasteiger partial charge in [-0.25, -0.2) is 0 Å². The Morgan fingerprint density at radius 2 is 2.00 bits per heavy atom. The monoisotopic (exact) mass is 237 g/mol. The lowest BCUT2D eigenvalue weighted by Gasteiger charge is -2.17. The lowest BCUT2D eigenvalue weighted by Crippen LogP contribution is -2.19. The van der Waals surface area contributed by atoms with Gasteiger partial charge in [0.05, 0.1) is 0 Å². The van der Waals surface area contributed by atoms with Gasteiger partial charge in [0.1, 0.15) is 0 Å². The van der Waals surface area contributed by atoms with Crippen LogP contribution in [-0.2, 0) is 6.54 Å². The molecule has 1 aromatic rings. The predicted octanol–water partition coefficient (Wildman–Crippen LogP) is 3.62. The number of benzene rings is 1. The first kappa shape index (κ1) is 13.6. The number of hydrogen-bond acceptors (Lipinski definition) is 2. The lowest BCUT2D eigenvalue weighted by molar-refractivity contribution is 0.725. The summed E-state index contributed by atoms with van der Waals surface area (Å²) in [6, 6.07) is 8.68. The van der Waals surface area contributed by atoms with Gasteiger partial charge in [-0.05, 0) is 12.5 Å². The first-order valence-corrected chi connectivity index (χ1v) is 6.86. The highest BCUT2D eigenvalue weighted by Crippen LogP contribution is 2.21. The summed E-state index contributed by atoms with van der Waals surface area (Å²) in [4.78, 5) is 0. The van der Waals surface area contributed by atoms with Crippen LogP contribution in [0.4, 0.5) is 0 Å². The molecule has 1 rings (SSSR count). The summed E-state index contributed by atoms with van der Waals surface area (Å²) in [6.07, 6.45) is 0. The van der Waals surface area contributed by atoms with E-state index >= 15 is 0 Å². The minimum atomic E-state index is 0.380. The van der Waals surface area contributed by atoms with Crippen LogP contribution in [-0.4, -0.2) is 17.0 Å². The molecule has 0 saturated heterocycles. The second-order valence-electron chi connectivity index (χ2n) is 5.13. The van der Waals surface area contributed by atoms with Crippen LogP contribution >= 0.6 is 11.8 Å². The molecule has 1 nitrogen and oxygen atoms in total. The number of hydrogen-bond donors (Lipinski definition) is 1. The number of aryl methyl sites for hydroxylation is 1. The van der Waals surface area contributed by atoms with E-state index in [0.29, 0.717) is 4.75 Å². The van der Waals surface area contributed by atoms with Crippen molar-refractivity contribution in [3.8, 4) is 0 Å². The van der Waals surface area contributed by atoms with Crippen molar-refractivity contribution in [3.63, 3.8) is 0 Å². The average molecular weight is 237 g/mol.